The molecular formula is C22H21N5O3S. The number of rotatable bonds is 7. The number of hydrogen-bond donors (Lipinski definition) is 1. The molecule has 0 spiro atoms. The third kappa shape index (κ3) is 4.61. The molecule has 158 valence electrons. The van der Waals surface area contributed by atoms with Gasteiger partial charge in [-0.25, -0.2) is 0 Å². The highest BCUT2D eigenvalue weighted by molar-refractivity contribution is 7.99. The van der Waals surface area contributed by atoms with Gasteiger partial charge in [0.05, 0.1) is 31.4 Å². The number of ether oxygens (including phenoxy) is 2. The molecule has 0 unspecified atom stereocenters. The van der Waals surface area contributed by atoms with Gasteiger partial charge in [0.25, 0.3) is 0 Å². The van der Waals surface area contributed by atoms with Crippen molar-refractivity contribution in [1.82, 2.24) is 19.8 Å². The normalized spacial score (nSPS) is 10.8. The van der Waals surface area contributed by atoms with Crippen molar-refractivity contribution < 1.29 is 14.3 Å². The van der Waals surface area contributed by atoms with Crippen LogP contribution in [0.25, 0.3) is 16.9 Å². The lowest BCUT2D eigenvalue weighted by atomic mass is 10.1. The number of carbonyl (C=O) groups is 1. The highest BCUT2D eigenvalue weighted by atomic mass is 32.2. The molecular weight excluding hydrogens is 414 g/mol. The Hall–Kier alpha value is -3.59. The van der Waals surface area contributed by atoms with Crippen molar-refractivity contribution in [1.29, 1.82) is 0 Å². The van der Waals surface area contributed by atoms with Crippen molar-refractivity contribution in [2.75, 3.05) is 25.3 Å². The van der Waals surface area contributed by atoms with E-state index in [0.29, 0.717) is 28.0 Å². The van der Waals surface area contributed by atoms with Gasteiger partial charge >= 0.3 is 0 Å². The van der Waals surface area contributed by atoms with Crippen molar-refractivity contribution in [3.63, 3.8) is 0 Å². The van der Waals surface area contributed by atoms with Crippen LogP contribution in [0.5, 0.6) is 11.5 Å². The van der Waals surface area contributed by atoms with Crippen LogP contribution in [0.15, 0.2) is 59.8 Å². The molecule has 4 aromatic rings. The summed E-state index contributed by atoms with van der Waals surface area (Å²) in [7, 11) is 3.11. The van der Waals surface area contributed by atoms with Crippen molar-refractivity contribution in [2.45, 2.75) is 12.1 Å². The molecule has 4 rings (SSSR count). The molecule has 0 aliphatic carbocycles. The maximum absolute atomic E-state index is 12.5. The van der Waals surface area contributed by atoms with E-state index < -0.39 is 0 Å². The summed E-state index contributed by atoms with van der Waals surface area (Å²) in [6.07, 6.45) is 0. The summed E-state index contributed by atoms with van der Waals surface area (Å²) in [5.74, 6) is 1.12. The Morgan fingerprint density at radius 2 is 1.84 bits per heavy atom. The summed E-state index contributed by atoms with van der Waals surface area (Å²) in [5.41, 5.74) is 4.18. The molecule has 2 aromatic carbocycles. The first-order valence-corrected chi connectivity index (χ1v) is 10.5. The van der Waals surface area contributed by atoms with Gasteiger partial charge in [0.15, 0.2) is 5.65 Å². The van der Waals surface area contributed by atoms with Crippen LogP contribution in [0.1, 0.15) is 5.56 Å². The number of hydrogen-bond acceptors (Lipinski definition) is 7. The largest absolute Gasteiger partial charge is 0.497 e. The minimum absolute atomic E-state index is 0.145. The predicted molar refractivity (Wildman–Crippen MR) is 120 cm³/mol. The van der Waals surface area contributed by atoms with E-state index >= 15 is 0 Å². The Kier molecular flexibility index (Phi) is 6.03. The topological polar surface area (TPSA) is 90.6 Å². The highest BCUT2D eigenvalue weighted by Crippen LogP contribution is 2.29. The average Bonchev–Trinajstić information content (AvgIpc) is 3.20. The van der Waals surface area contributed by atoms with Gasteiger partial charge in [0.2, 0.25) is 11.1 Å². The number of methoxy groups -OCH3 is 2. The maximum atomic E-state index is 12.5. The van der Waals surface area contributed by atoms with E-state index in [1.807, 2.05) is 43.3 Å². The lowest BCUT2D eigenvalue weighted by Crippen LogP contribution is -2.15. The third-order valence-corrected chi connectivity index (χ3v) is 5.52. The zero-order valence-electron chi connectivity index (χ0n) is 17.3. The lowest BCUT2D eigenvalue weighted by molar-refractivity contribution is -0.113. The fourth-order valence-corrected chi connectivity index (χ4v) is 3.64. The summed E-state index contributed by atoms with van der Waals surface area (Å²) in [5, 5.41) is 16.4. The Labute approximate surface area is 183 Å². The molecule has 0 bridgehead atoms. The summed E-state index contributed by atoms with van der Waals surface area (Å²) in [6.45, 7) is 2.04. The van der Waals surface area contributed by atoms with Crippen LogP contribution < -0.4 is 14.8 Å². The molecule has 0 saturated carbocycles. The minimum atomic E-state index is -0.195. The maximum Gasteiger partial charge on any atom is 0.234 e. The minimum Gasteiger partial charge on any atom is -0.497 e. The molecule has 0 radical (unpaired) electrons. The molecule has 1 N–H and O–H groups in total. The Morgan fingerprint density at radius 1 is 1.03 bits per heavy atom. The predicted octanol–water partition coefficient (Wildman–Crippen LogP) is 3.85. The number of fused-ring (bicyclic) bond motifs is 1. The van der Waals surface area contributed by atoms with E-state index in [-0.39, 0.29) is 11.7 Å². The smallest absolute Gasteiger partial charge is 0.234 e. The third-order valence-electron chi connectivity index (χ3n) is 4.60. The molecule has 0 aliphatic heterocycles. The zero-order valence-corrected chi connectivity index (χ0v) is 18.1. The van der Waals surface area contributed by atoms with E-state index in [1.165, 1.54) is 17.3 Å². The van der Waals surface area contributed by atoms with Crippen LogP contribution in [-0.4, -0.2) is 45.7 Å². The van der Waals surface area contributed by atoms with Crippen molar-refractivity contribution in [2.24, 2.45) is 0 Å². The molecule has 0 atom stereocenters. The number of amides is 1. The van der Waals surface area contributed by atoms with Crippen LogP contribution in [0.3, 0.4) is 0 Å². The second kappa shape index (κ2) is 9.05. The summed E-state index contributed by atoms with van der Waals surface area (Å²) in [4.78, 5) is 12.5. The standard InChI is InChI=1S/C22H21N5O3S/c1-14-4-6-15(7-5-14)17-10-11-20-24-25-22(27(20)26-17)31-13-21(28)23-18-9-8-16(29-2)12-19(18)30-3/h4-12H,13H2,1-3H3,(H,23,28). The van der Waals surface area contributed by atoms with Gasteiger partial charge in [-0.2, -0.15) is 9.61 Å². The van der Waals surface area contributed by atoms with E-state index in [1.54, 1.807) is 36.9 Å². The molecule has 0 fully saturated rings. The SMILES string of the molecule is COc1ccc(NC(=O)CSc2nnc3ccc(-c4ccc(C)cc4)nn23)c(OC)c1. The fraction of sp³-hybridized carbons (Fsp3) is 0.182. The number of carbonyl (C=O) groups excluding carboxylic acids is 1. The van der Waals surface area contributed by atoms with Crippen LogP contribution in [0, 0.1) is 6.92 Å². The quantitative estimate of drug-likeness (QED) is 0.441. The van der Waals surface area contributed by atoms with Crippen molar-refractivity contribution >= 4 is 29.0 Å². The van der Waals surface area contributed by atoms with Crippen LogP contribution in [0.2, 0.25) is 0 Å². The molecule has 9 heteroatoms. The molecule has 1 amide bonds. The first-order chi connectivity index (χ1) is 15.1. The molecule has 2 heterocycles. The van der Waals surface area contributed by atoms with Gasteiger partial charge in [-0.15, -0.1) is 10.2 Å². The van der Waals surface area contributed by atoms with Crippen LogP contribution in [-0.2, 0) is 4.79 Å². The monoisotopic (exact) mass is 435 g/mol. The van der Waals surface area contributed by atoms with E-state index in [2.05, 4.69) is 20.6 Å². The number of anilines is 1. The number of benzene rings is 2. The van der Waals surface area contributed by atoms with E-state index in [4.69, 9.17) is 9.47 Å². The number of aromatic nitrogens is 4. The van der Waals surface area contributed by atoms with Gasteiger partial charge in [-0.1, -0.05) is 41.6 Å². The molecule has 2 aromatic heterocycles. The number of nitrogens with zero attached hydrogens (tertiary/aromatic N) is 4. The van der Waals surface area contributed by atoms with Gasteiger partial charge in [0.1, 0.15) is 11.5 Å². The number of aryl methyl sites for hydroxylation is 1. The molecule has 8 nitrogen and oxygen atoms in total. The first kappa shape index (κ1) is 20.7. The molecule has 31 heavy (non-hydrogen) atoms. The Balaban J connectivity index is 1.48. The average molecular weight is 436 g/mol. The van der Waals surface area contributed by atoms with Crippen LogP contribution >= 0.6 is 11.8 Å². The molecule has 0 aliphatic rings. The lowest BCUT2D eigenvalue weighted by Gasteiger charge is -2.11. The fourth-order valence-electron chi connectivity index (χ4n) is 2.96. The van der Waals surface area contributed by atoms with E-state index in [9.17, 15) is 4.79 Å². The summed E-state index contributed by atoms with van der Waals surface area (Å²) >= 11 is 1.26. The Morgan fingerprint density at radius 3 is 2.58 bits per heavy atom. The second-order valence-corrected chi connectivity index (χ2v) is 7.68. The highest BCUT2D eigenvalue weighted by Gasteiger charge is 2.13. The van der Waals surface area contributed by atoms with Gasteiger partial charge < -0.3 is 14.8 Å². The van der Waals surface area contributed by atoms with Gasteiger partial charge in [0, 0.05) is 11.6 Å². The van der Waals surface area contributed by atoms with Crippen LogP contribution in [0.4, 0.5) is 5.69 Å². The van der Waals surface area contributed by atoms with Crippen molar-refractivity contribution in [3.8, 4) is 22.8 Å². The number of thioether (sulfide) groups is 1. The molecule has 0 saturated heterocycles. The van der Waals surface area contributed by atoms with Crippen molar-refractivity contribution in [3.05, 3.63) is 60.2 Å². The first-order valence-electron chi connectivity index (χ1n) is 9.51. The summed E-state index contributed by atoms with van der Waals surface area (Å²) < 4.78 is 12.2. The zero-order chi connectivity index (χ0) is 21.8. The van der Waals surface area contributed by atoms with Gasteiger partial charge in [-0.05, 0) is 31.2 Å². The van der Waals surface area contributed by atoms with E-state index in [0.717, 1.165) is 11.3 Å². The number of nitrogens with one attached hydrogen (secondary N) is 1. The van der Waals surface area contributed by atoms with Gasteiger partial charge in [-0.3, -0.25) is 4.79 Å². The summed E-state index contributed by atoms with van der Waals surface area (Å²) in [6, 6.07) is 17.1. The second-order valence-electron chi connectivity index (χ2n) is 6.74. The Bertz CT molecular complexity index is 1220.